The zero-order chi connectivity index (χ0) is 15.2. The van der Waals surface area contributed by atoms with E-state index in [-0.39, 0.29) is 0 Å². The molecule has 0 amide bonds. The standard InChI is InChI=1S/C16H14BrClN2O/c17-14-3-4-16(12(8-14)5-6-19)21-10-13-2-1-11(9-20)7-15(13)18/h1-4,7-8H,5-6,10,19H2. The Kier molecular flexibility index (Phi) is 5.63. The fraction of sp³-hybridized carbons (Fsp3) is 0.188. The molecule has 2 aromatic rings. The Morgan fingerprint density at radius 2 is 2.00 bits per heavy atom. The lowest BCUT2D eigenvalue weighted by Gasteiger charge is -2.12. The Morgan fingerprint density at radius 1 is 1.19 bits per heavy atom. The molecule has 3 nitrogen and oxygen atoms in total. The number of nitrogens with zero attached hydrogens (tertiary/aromatic N) is 1. The van der Waals surface area contributed by atoms with Gasteiger partial charge >= 0.3 is 0 Å². The summed E-state index contributed by atoms with van der Waals surface area (Å²) >= 11 is 9.58. The first-order valence-electron chi connectivity index (χ1n) is 6.44. The summed E-state index contributed by atoms with van der Waals surface area (Å²) in [5, 5.41) is 9.36. The SMILES string of the molecule is N#Cc1ccc(COc2ccc(Br)cc2CCN)c(Cl)c1. The van der Waals surface area contributed by atoms with Crippen LogP contribution in [0.25, 0.3) is 0 Å². The molecule has 0 saturated carbocycles. The van der Waals surface area contributed by atoms with Crippen molar-refractivity contribution < 1.29 is 4.74 Å². The summed E-state index contributed by atoms with van der Waals surface area (Å²) < 4.78 is 6.84. The van der Waals surface area contributed by atoms with Gasteiger partial charge in [-0.1, -0.05) is 33.6 Å². The molecule has 2 aromatic carbocycles. The van der Waals surface area contributed by atoms with Crippen molar-refractivity contribution in [3.8, 4) is 11.8 Å². The Bertz CT molecular complexity index is 682. The first kappa shape index (κ1) is 15.8. The molecular weight excluding hydrogens is 352 g/mol. The molecule has 0 spiro atoms. The predicted octanol–water partition coefficient (Wildman–Crippen LogP) is 4.05. The molecule has 0 aliphatic heterocycles. The minimum Gasteiger partial charge on any atom is -0.489 e. The van der Waals surface area contributed by atoms with Gasteiger partial charge in [0.25, 0.3) is 0 Å². The van der Waals surface area contributed by atoms with Crippen molar-refractivity contribution in [3.05, 3.63) is 62.6 Å². The van der Waals surface area contributed by atoms with Crippen LogP contribution in [0.5, 0.6) is 5.75 Å². The van der Waals surface area contributed by atoms with Crippen LogP contribution < -0.4 is 10.5 Å². The summed E-state index contributed by atoms with van der Waals surface area (Å²) in [7, 11) is 0. The zero-order valence-corrected chi connectivity index (χ0v) is 13.6. The second kappa shape index (κ2) is 7.46. The largest absolute Gasteiger partial charge is 0.489 e. The Balaban J connectivity index is 2.15. The van der Waals surface area contributed by atoms with Crippen LogP contribution in [0.1, 0.15) is 16.7 Å². The van der Waals surface area contributed by atoms with Crippen LogP contribution in [-0.4, -0.2) is 6.54 Å². The van der Waals surface area contributed by atoms with Crippen molar-refractivity contribution in [2.24, 2.45) is 5.73 Å². The lowest BCUT2D eigenvalue weighted by Crippen LogP contribution is -2.05. The van der Waals surface area contributed by atoms with Gasteiger partial charge in [-0.25, -0.2) is 0 Å². The van der Waals surface area contributed by atoms with E-state index in [1.807, 2.05) is 24.3 Å². The van der Waals surface area contributed by atoms with Crippen molar-refractivity contribution in [2.75, 3.05) is 6.54 Å². The quantitative estimate of drug-likeness (QED) is 0.869. The van der Waals surface area contributed by atoms with Crippen LogP contribution in [0.3, 0.4) is 0 Å². The van der Waals surface area contributed by atoms with Gasteiger partial charge in [0.15, 0.2) is 0 Å². The summed E-state index contributed by atoms with van der Waals surface area (Å²) in [5.41, 5.74) is 8.06. The third-order valence-corrected chi connectivity index (χ3v) is 3.85. The lowest BCUT2D eigenvalue weighted by atomic mass is 10.1. The number of halogens is 2. The van der Waals surface area contributed by atoms with Crippen molar-refractivity contribution in [2.45, 2.75) is 13.0 Å². The smallest absolute Gasteiger partial charge is 0.123 e. The van der Waals surface area contributed by atoms with E-state index >= 15 is 0 Å². The van der Waals surface area contributed by atoms with Gasteiger partial charge in [0.2, 0.25) is 0 Å². The van der Waals surface area contributed by atoms with Crippen molar-refractivity contribution >= 4 is 27.5 Å². The predicted molar refractivity (Wildman–Crippen MR) is 87.4 cm³/mol. The van der Waals surface area contributed by atoms with Gasteiger partial charge in [-0.05, 0) is 48.9 Å². The van der Waals surface area contributed by atoms with Gasteiger partial charge in [-0.3, -0.25) is 0 Å². The number of nitriles is 1. The molecular formula is C16H14BrClN2O. The molecule has 0 saturated heterocycles. The molecule has 0 fully saturated rings. The fourth-order valence-corrected chi connectivity index (χ4v) is 2.57. The van der Waals surface area contributed by atoms with Gasteiger partial charge in [0.1, 0.15) is 12.4 Å². The number of ether oxygens (including phenoxy) is 1. The number of rotatable bonds is 5. The molecule has 0 aliphatic carbocycles. The van der Waals surface area contributed by atoms with E-state index in [4.69, 9.17) is 27.3 Å². The van der Waals surface area contributed by atoms with E-state index in [1.54, 1.807) is 12.1 Å². The third-order valence-electron chi connectivity index (χ3n) is 3.00. The highest BCUT2D eigenvalue weighted by molar-refractivity contribution is 9.10. The summed E-state index contributed by atoms with van der Waals surface area (Å²) in [6.07, 6.45) is 0.746. The topological polar surface area (TPSA) is 59.0 Å². The number of nitrogens with two attached hydrogens (primary N) is 1. The van der Waals surface area contributed by atoms with E-state index < -0.39 is 0 Å². The van der Waals surface area contributed by atoms with Gasteiger partial charge < -0.3 is 10.5 Å². The molecule has 5 heteroatoms. The highest BCUT2D eigenvalue weighted by atomic mass is 79.9. The highest BCUT2D eigenvalue weighted by Gasteiger charge is 2.07. The first-order chi connectivity index (χ1) is 10.1. The van der Waals surface area contributed by atoms with Gasteiger partial charge in [-0.2, -0.15) is 5.26 Å². The molecule has 108 valence electrons. The Hall–Kier alpha value is -1.54. The van der Waals surface area contributed by atoms with Crippen LogP contribution in [-0.2, 0) is 13.0 Å². The molecule has 0 bridgehead atoms. The van der Waals surface area contributed by atoms with Crippen LogP contribution in [0.4, 0.5) is 0 Å². The van der Waals surface area contributed by atoms with Gasteiger partial charge in [-0.15, -0.1) is 0 Å². The van der Waals surface area contributed by atoms with Crippen LogP contribution in [0.2, 0.25) is 5.02 Å². The van der Waals surface area contributed by atoms with E-state index in [0.717, 1.165) is 27.8 Å². The molecule has 0 radical (unpaired) electrons. The maximum Gasteiger partial charge on any atom is 0.123 e. The average Bonchev–Trinajstić information content (AvgIpc) is 2.48. The molecule has 2 N–H and O–H groups in total. The first-order valence-corrected chi connectivity index (χ1v) is 7.61. The molecule has 0 heterocycles. The lowest BCUT2D eigenvalue weighted by molar-refractivity contribution is 0.303. The Morgan fingerprint density at radius 3 is 2.67 bits per heavy atom. The molecule has 2 rings (SSSR count). The van der Waals surface area contributed by atoms with Gasteiger partial charge in [0.05, 0.1) is 11.6 Å². The number of benzene rings is 2. The maximum absolute atomic E-state index is 8.83. The summed E-state index contributed by atoms with van der Waals surface area (Å²) in [5.74, 6) is 0.795. The summed E-state index contributed by atoms with van der Waals surface area (Å²) in [4.78, 5) is 0. The van der Waals surface area contributed by atoms with E-state index in [1.165, 1.54) is 0 Å². The monoisotopic (exact) mass is 364 g/mol. The maximum atomic E-state index is 8.83. The molecule has 0 atom stereocenters. The summed E-state index contributed by atoms with van der Waals surface area (Å²) in [6, 6.07) is 13.1. The summed E-state index contributed by atoms with van der Waals surface area (Å²) in [6.45, 7) is 0.911. The molecule has 21 heavy (non-hydrogen) atoms. The van der Waals surface area contributed by atoms with Crippen molar-refractivity contribution in [1.82, 2.24) is 0 Å². The van der Waals surface area contributed by atoms with Crippen LogP contribution >= 0.6 is 27.5 Å². The minimum absolute atomic E-state index is 0.351. The van der Waals surface area contributed by atoms with Crippen LogP contribution in [0.15, 0.2) is 40.9 Å². The zero-order valence-electron chi connectivity index (χ0n) is 11.3. The van der Waals surface area contributed by atoms with Crippen molar-refractivity contribution in [1.29, 1.82) is 5.26 Å². The Labute approximate surface area is 137 Å². The average molecular weight is 366 g/mol. The second-order valence-corrected chi connectivity index (χ2v) is 5.82. The number of hydrogen-bond donors (Lipinski definition) is 1. The highest BCUT2D eigenvalue weighted by Crippen LogP contribution is 2.26. The number of hydrogen-bond acceptors (Lipinski definition) is 3. The van der Waals surface area contributed by atoms with E-state index in [2.05, 4.69) is 22.0 Å². The molecule has 0 unspecified atom stereocenters. The van der Waals surface area contributed by atoms with Gasteiger partial charge in [0, 0.05) is 15.1 Å². The van der Waals surface area contributed by atoms with Crippen molar-refractivity contribution in [3.63, 3.8) is 0 Å². The molecule has 0 aromatic heterocycles. The normalized spacial score (nSPS) is 10.2. The minimum atomic E-state index is 0.351. The third kappa shape index (κ3) is 4.21. The fourth-order valence-electron chi connectivity index (χ4n) is 1.93. The van der Waals surface area contributed by atoms with Crippen LogP contribution in [0, 0.1) is 11.3 Å². The molecule has 0 aliphatic rings. The van der Waals surface area contributed by atoms with E-state index in [9.17, 15) is 0 Å². The van der Waals surface area contributed by atoms with E-state index in [0.29, 0.717) is 23.7 Å². The second-order valence-electron chi connectivity index (χ2n) is 4.50.